The lowest BCUT2D eigenvalue weighted by Gasteiger charge is -2.20. The van der Waals surface area contributed by atoms with Gasteiger partial charge in [0.25, 0.3) is 0 Å². The third kappa shape index (κ3) is 2.81. The van der Waals surface area contributed by atoms with Crippen LogP contribution in [0.4, 0.5) is 5.69 Å². The van der Waals surface area contributed by atoms with E-state index in [1.54, 1.807) is 7.05 Å². The lowest BCUT2D eigenvalue weighted by Crippen LogP contribution is -2.22. The summed E-state index contributed by atoms with van der Waals surface area (Å²) in [7, 11) is 3.74. The highest BCUT2D eigenvalue weighted by Crippen LogP contribution is 2.21. The average Bonchev–Trinajstić information content (AvgIpc) is 2.70. The number of fused-ring (bicyclic) bond motifs is 1. The Hall–Kier alpha value is -1.75. The SMILES string of the molecule is CC(CN)CCN(C)c1ccc2c(c1)oc(=O)n2C. The molecule has 0 aliphatic heterocycles. The normalized spacial score (nSPS) is 12.8. The summed E-state index contributed by atoms with van der Waals surface area (Å²) in [6.45, 7) is 3.79. The first-order valence-electron chi connectivity index (χ1n) is 6.53. The Balaban J connectivity index is 2.18. The van der Waals surface area contributed by atoms with Crippen LogP contribution in [0.3, 0.4) is 0 Å². The van der Waals surface area contributed by atoms with Crippen molar-refractivity contribution in [1.29, 1.82) is 0 Å². The van der Waals surface area contributed by atoms with Crippen LogP contribution in [0.15, 0.2) is 27.4 Å². The molecule has 1 aromatic carbocycles. The predicted octanol–water partition coefficient (Wildman–Crippen LogP) is 1.55. The van der Waals surface area contributed by atoms with Crippen molar-refractivity contribution in [1.82, 2.24) is 4.57 Å². The summed E-state index contributed by atoms with van der Waals surface area (Å²) in [6.07, 6.45) is 1.05. The van der Waals surface area contributed by atoms with Crippen LogP contribution in [0.2, 0.25) is 0 Å². The second-order valence-electron chi connectivity index (χ2n) is 5.13. The minimum absolute atomic E-state index is 0.327. The summed E-state index contributed by atoms with van der Waals surface area (Å²) in [6, 6.07) is 5.83. The van der Waals surface area contributed by atoms with Gasteiger partial charge >= 0.3 is 5.76 Å². The van der Waals surface area contributed by atoms with Gasteiger partial charge in [-0.25, -0.2) is 4.79 Å². The third-order valence-corrected chi connectivity index (χ3v) is 3.58. The van der Waals surface area contributed by atoms with Gasteiger partial charge < -0.3 is 15.1 Å². The Morgan fingerprint density at radius 3 is 2.89 bits per heavy atom. The molecule has 0 saturated heterocycles. The van der Waals surface area contributed by atoms with Crippen LogP contribution >= 0.6 is 0 Å². The zero-order valence-electron chi connectivity index (χ0n) is 11.7. The van der Waals surface area contributed by atoms with E-state index in [1.165, 1.54) is 4.57 Å². The Kier molecular flexibility index (Phi) is 3.95. The van der Waals surface area contributed by atoms with Gasteiger partial charge in [-0.1, -0.05) is 6.92 Å². The molecule has 1 aromatic heterocycles. The summed E-state index contributed by atoms with van der Waals surface area (Å²) in [5.41, 5.74) is 8.11. The molecular weight excluding hydrogens is 242 g/mol. The van der Waals surface area contributed by atoms with Gasteiger partial charge in [-0.2, -0.15) is 0 Å². The maximum Gasteiger partial charge on any atom is 0.419 e. The van der Waals surface area contributed by atoms with Gasteiger partial charge in [-0.05, 0) is 31.0 Å². The minimum Gasteiger partial charge on any atom is -0.408 e. The molecule has 5 heteroatoms. The molecule has 5 nitrogen and oxygen atoms in total. The molecule has 0 bridgehead atoms. The number of nitrogens with zero attached hydrogens (tertiary/aromatic N) is 2. The molecule has 1 unspecified atom stereocenters. The number of hydrogen-bond acceptors (Lipinski definition) is 4. The summed E-state index contributed by atoms with van der Waals surface area (Å²) >= 11 is 0. The molecule has 104 valence electrons. The molecule has 0 amide bonds. The third-order valence-electron chi connectivity index (χ3n) is 3.58. The lowest BCUT2D eigenvalue weighted by atomic mass is 10.1. The monoisotopic (exact) mass is 263 g/mol. The topological polar surface area (TPSA) is 64.4 Å². The summed E-state index contributed by atoms with van der Waals surface area (Å²) in [4.78, 5) is 13.6. The molecule has 0 aliphatic rings. The van der Waals surface area contributed by atoms with Crippen molar-refractivity contribution in [3.8, 4) is 0 Å². The van der Waals surface area contributed by atoms with E-state index in [2.05, 4.69) is 11.8 Å². The Labute approximate surface area is 112 Å². The molecule has 0 fully saturated rings. The fourth-order valence-electron chi connectivity index (χ4n) is 2.02. The van der Waals surface area contributed by atoms with Crippen molar-refractivity contribution in [3.05, 3.63) is 28.7 Å². The molecule has 2 rings (SSSR count). The molecule has 0 spiro atoms. The number of hydrogen-bond donors (Lipinski definition) is 1. The van der Waals surface area contributed by atoms with E-state index in [4.69, 9.17) is 10.2 Å². The van der Waals surface area contributed by atoms with Crippen LogP contribution in [-0.2, 0) is 7.05 Å². The predicted molar refractivity (Wildman–Crippen MR) is 77.6 cm³/mol. The molecule has 1 heterocycles. The maximum atomic E-state index is 11.4. The van der Waals surface area contributed by atoms with Crippen LogP contribution in [0.5, 0.6) is 0 Å². The van der Waals surface area contributed by atoms with E-state index in [0.717, 1.165) is 24.2 Å². The van der Waals surface area contributed by atoms with Gasteiger partial charge in [-0.3, -0.25) is 4.57 Å². The standard InChI is InChI=1S/C14H21N3O2/c1-10(9-15)6-7-16(2)11-4-5-12-13(8-11)19-14(18)17(12)3/h4-5,8,10H,6-7,9,15H2,1-3H3. The number of anilines is 1. The van der Waals surface area contributed by atoms with E-state index in [9.17, 15) is 4.79 Å². The van der Waals surface area contributed by atoms with Crippen molar-refractivity contribution in [3.63, 3.8) is 0 Å². The molecule has 0 saturated carbocycles. The first-order valence-corrected chi connectivity index (χ1v) is 6.53. The van der Waals surface area contributed by atoms with Crippen molar-refractivity contribution in [2.45, 2.75) is 13.3 Å². The Morgan fingerprint density at radius 2 is 2.21 bits per heavy atom. The van der Waals surface area contributed by atoms with E-state index in [1.807, 2.05) is 25.2 Å². The lowest BCUT2D eigenvalue weighted by molar-refractivity contribution is 0.527. The molecule has 0 aliphatic carbocycles. The largest absolute Gasteiger partial charge is 0.419 e. The molecule has 2 N–H and O–H groups in total. The highest BCUT2D eigenvalue weighted by molar-refractivity contribution is 5.77. The molecule has 1 atom stereocenters. The van der Waals surface area contributed by atoms with Gasteiger partial charge in [-0.15, -0.1) is 0 Å². The first-order chi connectivity index (χ1) is 9.02. The maximum absolute atomic E-state index is 11.4. The van der Waals surface area contributed by atoms with Crippen LogP contribution in [0.25, 0.3) is 11.1 Å². The second-order valence-corrected chi connectivity index (χ2v) is 5.13. The van der Waals surface area contributed by atoms with Gasteiger partial charge in [0.15, 0.2) is 5.58 Å². The van der Waals surface area contributed by atoms with Gasteiger partial charge in [0.2, 0.25) is 0 Å². The first kappa shape index (κ1) is 13.7. The van der Waals surface area contributed by atoms with Crippen LogP contribution in [0, 0.1) is 5.92 Å². The van der Waals surface area contributed by atoms with Crippen molar-refractivity contribution < 1.29 is 4.42 Å². The molecule has 2 aromatic rings. The second kappa shape index (κ2) is 5.48. The van der Waals surface area contributed by atoms with E-state index in [0.29, 0.717) is 18.0 Å². The smallest absolute Gasteiger partial charge is 0.408 e. The molecular formula is C14H21N3O2. The number of nitrogens with two attached hydrogens (primary N) is 1. The van der Waals surface area contributed by atoms with Crippen molar-refractivity contribution in [2.75, 3.05) is 25.0 Å². The summed E-state index contributed by atoms with van der Waals surface area (Å²) < 4.78 is 6.71. The highest BCUT2D eigenvalue weighted by atomic mass is 16.4. The average molecular weight is 263 g/mol. The van der Waals surface area contributed by atoms with Gasteiger partial charge in [0, 0.05) is 32.4 Å². The van der Waals surface area contributed by atoms with Gasteiger partial charge in [0.1, 0.15) is 0 Å². The van der Waals surface area contributed by atoms with Crippen LogP contribution in [-0.4, -0.2) is 24.7 Å². The van der Waals surface area contributed by atoms with Crippen LogP contribution in [0.1, 0.15) is 13.3 Å². The number of aryl methyl sites for hydroxylation is 1. The quantitative estimate of drug-likeness (QED) is 0.889. The van der Waals surface area contributed by atoms with E-state index >= 15 is 0 Å². The molecule has 0 radical (unpaired) electrons. The van der Waals surface area contributed by atoms with Crippen molar-refractivity contribution in [2.24, 2.45) is 18.7 Å². The number of rotatable bonds is 5. The number of oxazole rings is 1. The van der Waals surface area contributed by atoms with Gasteiger partial charge in [0.05, 0.1) is 5.52 Å². The highest BCUT2D eigenvalue weighted by Gasteiger charge is 2.09. The summed E-state index contributed by atoms with van der Waals surface area (Å²) in [5, 5.41) is 0. The molecule has 19 heavy (non-hydrogen) atoms. The fourth-order valence-corrected chi connectivity index (χ4v) is 2.02. The fraction of sp³-hybridized carbons (Fsp3) is 0.500. The van der Waals surface area contributed by atoms with Crippen LogP contribution < -0.4 is 16.4 Å². The number of aromatic nitrogens is 1. The van der Waals surface area contributed by atoms with Crippen molar-refractivity contribution >= 4 is 16.8 Å². The number of benzene rings is 1. The zero-order chi connectivity index (χ0) is 14.0. The summed E-state index contributed by atoms with van der Waals surface area (Å²) in [5.74, 6) is 0.187. The van der Waals surface area contributed by atoms with E-state index < -0.39 is 0 Å². The Bertz CT molecular complexity index is 615. The van der Waals surface area contributed by atoms with E-state index in [-0.39, 0.29) is 5.76 Å². The Morgan fingerprint density at radius 1 is 1.47 bits per heavy atom. The zero-order valence-corrected chi connectivity index (χ0v) is 11.7. The minimum atomic E-state index is -0.327.